The van der Waals surface area contributed by atoms with Crippen molar-refractivity contribution in [2.24, 2.45) is 0 Å². The molecule has 0 saturated carbocycles. The number of halogens is 1. The standard InChI is InChI=1S/C13H17FO4S/c1-3-18-11-5-9(4-10(14)6-11)13(17)12(16)7-19-8(2)15/h4-6,12-13,16-17H,3,7H2,1-2H3. The molecular weight excluding hydrogens is 271 g/mol. The van der Waals surface area contributed by atoms with Crippen molar-refractivity contribution in [2.75, 3.05) is 12.4 Å². The van der Waals surface area contributed by atoms with Crippen LogP contribution in [0.4, 0.5) is 4.39 Å². The third kappa shape index (κ3) is 5.18. The Balaban J connectivity index is 2.79. The minimum atomic E-state index is -1.26. The van der Waals surface area contributed by atoms with E-state index in [1.54, 1.807) is 6.92 Å². The summed E-state index contributed by atoms with van der Waals surface area (Å²) in [5, 5.41) is 19.5. The summed E-state index contributed by atoms with van der Waals surface area (Å²) in [6.45, 7) is 3.51. The molecule has 0 amide bonds. The normalized spacial score (nSPS) is 13.9. The fraction of sp³-hybridized carbons (Fsp3) is 0.462. The van der Waals surface area contributed by atoms with Gasteiger partial charge in [-0.2, -0.15) is 0 Å². The number of thioether (sulfide) groups is 1. The van der Waals surface area contributed by atoms with E-state index >= 15 is 0 Å². The molecule has 0 aliphatic carbocycles. The second-order valence-electron chi connectivity index (χ2n) is 3.97. The largest absolute Gasteiger partial charge is 0.494 e. The van der Waals surface area contributed by atoms with Gasteiger partial charge in [0.05, 0.1) is 12.7 Å². The highest BCUT2D eigenvalue weighted by Gasteiger charge is 2.20. The van der Waals surface area contributed by atoms with Crippen molar-refractivity contribution < 1.29 is 24.1 Å². The SMILES string of the molecule is CCOc1cc(F)cc(C(O)C(O)CSC(C)=O)c1. The molecule has 0 aliphatic rings. The zero-order valence-electron chi connectivity index (χ0n) is 10.8. The van der Waals surface area contributed by atoms with Crippen molar-refractivity contribution in [3.05, 3.63) is 29.6 Å². The smallest absolute Gasteiger partial charge is 0.185 e. The summed E-state index contributed by atoms with van der Waals surface area (Å²) in [7, 11) is 0. The molecule has 1 rings (SSSR count). The lowest BCUT2D eigenvalue weighted by molar-refractivity contribution is -0.109. The van der Waals surface area contributed by atoms with E-state index in [-0.39, 0.29) is 16.4 Å². The third-order valence-electron chi connectivity index (χ3n) is 2.37. The van der Waals surface area contributed by atoms with Crippen LogP contribution in [-0.4, -0.2) is 33.8 Å². The van der Waals surface area contributed by atoms with Crippen molar-refractivity contribution in [3.63, 3.8) is 0 Å². The Hall–Kier alpha value is -1.11. The van der Waals surface area contributed by atoms with Crippen LogP contribution in [0.1, 0.15) is 25.5 Å². The van der Waals surface area contributed by atoms with Gasteiger partial charge in [0.15, 0.2) is 5.12 Å². The van der Waals surface area contributed by atoms with Crippen LogP contribution in [0.5, 0.6) is 5.75 Å². The van der Waals surface area contributed by atoms with E-state index in [0.717, 1.165) is 17.8 Å². The number of rotatable bonds is 6. The Bertz CT molecular complexity index is 439. The predicted molar refractivity (Wildman–Crippen MR) is 71.7 cm³/mol. The highest BCUT2D eigenvalue weighted by atomic mass is 32.2. The number of benzene rings is 1. The first-order valence-corrected chi connectivity index (χ1v) is 6.85. The van der Waals surface area contributed by atoms with Gasteiger partial charge in [-0.25, -0.2) is 4.39 Å². The van der Waals surface area contributed by atoms with Gasteiger partial charge < -0.3 is 14.9 Å². The van der Waals surface area contributed by atoms with Gasteiger partial charge in [0.2, 0.25) is 0 Å². The molecule has 0 radical (unpaired) electrons. The van der Waals surface area contributed by atoms with Gasteiger partial charge in [-0.05, 0) is 24.6 Å². The lowest BCUT2D eigenvalue weighted by Crippen LogP contribution is -2.21. The Morgan fingerprint density at radius 2 is 2.11 bits per heavy atom. The first-order chi connectivity index (χ1) is 8.93. The highest BCUT2D eigenvalue weighted by Crippen LogP contribution is 2.25. The van der Waals surface area contributed by atoms with Crippen molar-refractivity contribution >= 4 is 16.9 Å². The molecule has 0 spiro atoms. The predicted octanol–water partition coefficient (Wildman–Crippen LogP) is 1.90. The summed E-state index contributed by atoms with van der Waals surface area (Å²) in [6.07, 6.45) is -2.41. The molecule has 4 nitrogen and oxygen atoms in total. The number of hydrogen-bond donors (Lipinski definition) is 2. The first-order valence-electron chi connectivity index (χ1n) is 5.86. The maximum Gasteiger partial charge on any atom is 0.185 e. The zero-order valence-corrected chi connectivity index (χ0v) is 11.6. The molecule has 2 atom stereocenters. The van der Waals surface area contributed by atoms with E-state index in [1.165, 1.54) is 19.1 Å². The van der Waals surface area contributed by atoms with E-state index in [9.17, 15) is 19.4 Å². The van der Waals surface area contributed by atoms with Crippen molar-refractivity contribution in [1.82, 2.24) is 0 Å². The van der Waals surface area contributed by atoms with Crippen LogP contribution in [0.2, 0.25) is 0 Å². The molecular formula is C13H17FO4S. The van der Waals surface area contributed by atoms with Gasteiger partial charge >= 0.3 is 0 Å². The van der Waals surface area contributed by atoms with Crippen molar-refractivity contribution in [3.8, 4) is 5.75 Å². The molecule has 0 saturated heterocycles. The van der Waals surface area contributed by atoms with Crippen LogP contribution < -0.4 is 4.74 Å². The van der Waals surface area contributed by atoms with Crippen LogP contribution in [0.15, 0.2) is 18.2 Å². The molecule has 2 unspecified atom stereocenters. The first kappa shape index (κ1) is 15.9. The van der Waals surface area contributed by atoms with E-state index in [1.807, 2.05) is 0 Å². The molecule has 0 bridgehead atoms. The minimum Gasteiger partial charge on any atom is -0.494 e. The van der Waals surface area contributed by atoms with Gasteiger partial charge in [0.25, 0.3) is 0 Å². The van der Waals surface area contributed by atoms with Gasteiger partial charge in [0, 0.05) is 18.7 Å². The molecule has 19 heavy (non-hydrogen) atoms. The lowest BCUT2D eigenvalue weighted by Gasteiger charge is -2.18. The number of carbonyl (C=O) groups excluding carboxylic acids is 1. The fourth-order valence-electron chi connectivity index (χ4n) is 1.52. The summed E-state index contributed by atoms with van der Waals surface area (Å²) >= 11 is 0.907. The van der Waals surface area contributed by atoms with Crippen molar-refractivity contribution in [2.45, 2.75) is 26.1 Å². The van der Waals surface area contributed by atoms with Gasteiger partial charge in [0.1, 0.15) is 17.7 Å². The van der Waals surface area contributed by atoms with Crippen LogP contribution in [0.25, 0.3) is 0 Å². The van der Waals surface area contributed by atoms with Gasteiger partial charge in [-0.15, -0.1) is 0 Å². The number of aliphatic hydroxyl groups is 2. The minimum absolute atomic E-state index is 0.0526. The summed E-state index contributed by atoms with van der Waals surface area (Å²) in [5.41, 5.74) is 0.222. The summed E-state index contributed by atoms with van der Waals surface area (Å²) in [4.78, 5) is 10.8. The number of aliphatic hydroxyl groups excluding tert-OH is 2. The molecule has 0 aliphatic heterocycles. The molecule has 0 aromatic heterocycles. The quantitative estimate of drug-likeness (QED) is 0.837. The summed E-state index contributed by atoms with van der Waals surface area (Å²) < 4.78 is 18.5. The van der Waals surface area contributed by atoms with E-state index in [2.05, 4.69) is 0 Å². The Kier molecular flexibility index (Phi) is 6.27. The van der Waals surface area contributed by atoms with E-state index in [4.69, 9.17) is 4.74 Å². The topological polar surface area (TPSA) is 66.8 Å². The summed E-state index contributed by atoms with van der Waals surface area (Å²) in [6, 6.07) is 3.81. The molecule has 1 aromatic rings. The van der Waals surface area contributed by atoms with Gasteiger partial charge in [-0.3, -0.25) is 4.79 Å². The molecule has 6 heteroatoms. The number of ether oxygens (including phenoxy) is 1. The van der Waals surface area contributed by atoms with E-state index < -0.39 is 18.0 Å². The highest BCUT2D eigenvalue weighted by molar-refractivity contribution is 8.13. The third-order valence-corrected chi connectivity index (χ3v) is 3.28. The lowest BCUT2D eigenvalue weighted by atomic mass is 10.0. The zero-order chi connectivity index (χ0) is 14.4. The molecule has 2 N–H and O–H groups in total. The van der Waals surface area contributed by atoms with Crippen LogP contribution >= 0.6 is 11.8 Å². The van der Waals surface area contributed by atoms with Crippen LogP contribution in [0, 0.1) is 5.82 Å². The molecule has 0 fully saturated rings. The average molecular weight is 288 g/mol. The maximum absolute atomic E-state index is 13.4. The van der Waals surface area contributed by atoms with Crippen LogP contribution in [0.3, 0.4) is 0 Å². The van der Waals surface area contributed by atoms with Crippen molar-refractivity contribution in [1.29, 1.82) is 0 Å². The monoisotopic (exact) mass is 288 g/mol. The molecule has 106 valence electrons. The Morgan fingerprint density at radius 1 is 1.42 bits per heavy atom. The number of carbonyl (C=O) groups is 1. The maximum atomic E-state index is 13.4. The number of hydrogen-bond acceptors (Lipinski definition) is 5. The van der Waals surface area contributed by atoms with Gasteiger partial charge in [-0.1, -0.05) is 11.8 Å². The second-order valence-corrected chi connectivity index (χ2v) is 5.16. The fourth-order valence-corrected chi connectivity index (χ4v) is 2.11. The Morgan fingerprint density at radius 3 is 2.68 bits per heavy atom. The summed E-state index contributed by atoms with van der Waals surface area (Å²) in [5.74, 6) is -0.203. The molecule has 1 aromatic carbocycles. The second kappa shape index (κ2) is 7.47. The van der Waals surface area contributed by atoms with Crippen LogP contribution in [-0.2, 0) is 4.79 Å². The Labute approximate surface area is 115 Å². The average Bonchev–Trinajstić information content (AvgIpc) is 2.34. The van der Waals surface area contributed by atoms with E-state index in [0.29, 0.717) is 12.4 Å². The molecule has 0 heterocycles.